The molecule has 0 spiro atoms. The molecule has 7 nitrogen and oxygen atoms in total. The molecule has 0 aliphatic rings. The Kier molecular flexibility index (Phi) is 5.13. The number of aliphatic hydroxyl groups excluding tert-OH is 1. The van der Waals surface area contributed by atoms with Crippen molar-refractivity contribution in [2.45, 2.75) is 13.5 Å². The average molecular weight is 493 g/mol. The van der Waals surface area contributed by atoms with Gasteiger partial charge >= 0.3 is 0 Å². The predicted molar refractivity (Wildman–Crippen MR) is 141 cm³/mol. The van der Waals surface area contributed by atoms with Crippen molar-refractivity contribution >= 4 is 38.6 Å². The SMILES string of the molecule is Cc1c(-c2ccc(C(N)=O)c3[nH]c4cc(CO)ccc4c23)cccc1-n1cnc2ccc(F)cc2c1=O. The van der Waals surface area contributed by atoms with Crippen molar-refractivity contribution < 1.29 is 14.3 Å². The number of carbonyl (C=O) groups excluding carboxylic acids is 1. The molecule has 0 radical (unpaired) electrons. The molecule has 6 rings (SSSR count). The van der Waals surface area contributed by atoms with Gasteiger partial charge in [-0.2, -0.15) is 0 Å². The Labute approximate surface area is 209 Å². The first-order valence-electron chi connectivity index (χ1n) is 11.6. The number of hydrogen-bond acceptors (Lipinski definition) is 4. The summed E-state index contributed by atoms with van der Waals surface area (Å²) >= 11 is 0. The lowest BCUT2D eigenvalue weighted by atomic mass is 9.93. The minimum Gasteiger partial charge on any atom is -0.392 e. The van der Waals surface area contributed by atoms with Crippen molar-refractivity contribution in [1.29, 1.82) is 0 Å². The summed E-state index contributed by atoms with van der Waals surface area (Å²) in [5.74, 6) is -1.06. The van der Waals surface area contributed by atoms with Crippen LogP contribution in [-0.2, 0) is 6.61 Å². The number of halogens is 1. The van der Waals surface area contributed by atoms with E-state index < -0.39 is 11.7 Å². The van der Waals surface area contributed by atoms with E-state index in [1.807, 2.05) is 49.4 Å². The first-order chi connectivity index (χ1) is 17.9. The third-order valence-electron chi connectivity index (χ3n) is 6.84. The topological polar surface area (TPSA) is 114 Å². The van der Waals surface area contributed by atoms with Gasteiger partial charge < -0.3 is 15.8 Å². The molecule has 4 aromatic carbocycles. The van der Waals surface area contributed by atoms with E-state index in [2.05, 4.69) is 9.97 Å². The van der Waals surface area contributed by atoms with Crippen molar-refractivity contribution in [3.8, 4) is 16.8 Å². The third kappa shape index (κ3) is 3.49. The number of aromatic amines is 1. The zero-order valence-electron chi connectivity index (χ0n) is 19.7. The van der Waals surface area contributed by atoms with E-state index in [-0.39, 0.29) is 17.6 Å². The lowest BCUT2D eigenvalue weighted by molar-refractivity contribution is 0.100. The molecule has 0 bridgehead atoms. The quantitative estimate of drug-likeness (QED) is 0.330. The number of amides is 1. The highest BCUT2D eigenvalue weighted by Crippen LogP contribution is 2.39. The minimum absolute atomic E-state index is 0.111. The molecule has 4 N–H and O–H groups in total. The van der Waals surface area contributed by atoms with E-state index in [1.165, 1.54) is 29.1 Å². The molecule has 0 saturated heterocycles. The van der Waals surface area contributed by atoms with Crippen molar-refractivity contribution in [2.24, 2.45) is 5.73 Å². The van der Waals surface area contributed by atoms with Crippen molar-refractivity contribution in [3.05, 3.63) is 106 Å². The van der Waals surface area contributed by atoms with Crippen LogP contribution in [0.25, 0.3) is 49.5 Å². The summed E-state index contributed by atoms with van der Waals surface area (Å²) in [7, 11) is 0. The molecular weight excluding hydrogens is 471 g/mol. The second-order valence-corrected chi connectivity index (χ2v) is 8.97. The fourth-order valence-corrected chi connectivity index (χ4v) is 5.03. The summed E-state index contributed by atoms with van der Waals surface area (Å²) in [6.07, 6.45) is 1.45. The average Bonchev–Trinajstić information content (AvgIpc) is 3.28. The number of aliphatic hydroxyl groups is 1. The Bertz CT molecular complexity index is 1960. The van der Waals surface area contributed by atoms with Gasteiger partial charge in [-0.1, -0.05) is 30.3 Å². The fraction of sp³-hybridized carbons (Fsp3) is 0.0690. The van der Waals surface area contributed by atoms with Crippen LogP contribution in [0.1, 0.15) is 21.5 Å². The standard InChI is InChI=1S/C29H21FN4O3/c1-15-18(3-2-4-25(15)34-14-32-23-10-6-17(30)12-22(23)29(34)37)19-8-9-21(28(31)36)27-26(19)20-7-5-16(13-35)11-24(20)33-27/h2-12,14,33,35H,13H2,1H3,(H2,31,36). The molecule has 0 aliphatic carbocycles. The smallest absolute Gasteiger partial charge is 0.265 e. The zero-order chi connectivity index (χ0) is 25.8. The van der Waals surface area contributed by atoms with Crippen LogP contribution in [0, 0.1) is 12.7 Å². The first kappa shape index (κ1) is 22.6. The van der Waals surface area contributed by atoms with Crippen LogP contribution < -0.4 is 11.3 Å². The Morgan fingerprint density at radius 2 is 1.89 bits per heavy atom. The number of H-pyrrole nitrogens is 1. The van der Waals surface area contributed by atoms with Crippen LogP contribution in [0.4, 0.5) is 4.39 Å². The summed E-state index contributed by atoms with van der Waals surface area (Å²) < 4.78 is 15.3. The lowest BCUT2D eigenvalue weighted by Gasteiger charge is -2.15. The Morgan fingerprint density at radius 1 is 1.05 bits per heavy atom. The maximum absolute atomic E-state index is 13.9. The van der Waals surface area contributed by atoms with Crippen LogP contribution in [0.5, 0.6) is 0 Å². The van der Waals surface area contributed by atoms with Crippen LogP contribution >= 0.6 is 0 Å². The van der Waals surface area contributed by atoms with E-state index >= 15 is 0 Å². The molecule has 2 aromatic heterocycles. The summed E-state index contributed by atoms with van der Waals surface area (Å²) in [5.41, 5.74) is 11.3. The Morgan fingerprint density at radius 3 is 2.68 bits per heavy atom. The molecule has 1 amide bonds. The van der Waals surface area contributed by atoms with Crippen molar-refractivity contribution in [1.82, 2.24) is 14.5 Å². The number of carbonyl (C=O) groups is 1. The molecule has 0 aliphatic heterocycles. The van der Waals surface area contributed by atoms with E-state index in [1.54, 1.807) is 6.07 Å². The second-order valence-electron chi connectivity index (χ2n) is 8.97. The summed E-state index contributed by atoms with van der Waals surface area (Å²) in [6.45, 7) is 1.79. The maximum atomic E-state index is 13.9. The number of hydrogen-bond donors (Lipinski definition) is 3. The molecule has 37 heavy (non-hydrogen) atoms. The minimum atomic E-state index is -0.558. The number of fused-ring (bicyclic) bond motifs is 4. The fourth-order valence-electron chi connectivity index (χ4n) is 5.03. The maximum Gasteiger partial charge on any atom is 0.265 e. The molecule has 8 heteroatoms. The number of nitrogens with zero attached hydrogens (tertiary/aromatic N) is 2. The van der Waals surface area contributed by atoms with Gasteiger partial charge in [-0.25, -0.2) is 9.37 Å². The van der Waals surface area contributed by atoms with E-state index in [4.69, 9.17) is 5.73 Å². The van der Waals surface area contributed by atoms with Crippen LogP contribution in [0.2, 0.25) is 0 Å². The lowest BCUT2D eigenvalue weighted by Crippen LogP contribution is -2.20. The van der Waals surface area contributed by atoms with Gasteiger partial charge in [0.15, 0.2) is 0 Å². The van der Waals surface area contributed by atoms with Gasteiger partial charge in [-0.3, -0.25) is 14.2 Å². The van der Waals surface area contributed by atoms with Gasteiger partial charge in [0, 0.05) is 16.3 Å². The van der Waals surface area contributed by atoms with Crippen molar-refractivity contribution in [3.63, 3.8) is 0 Å². The van der Waals surface area contributed by atoms with E-state index in [0.717, 1.165) is 38.5 Å². The van der Waals surface area contributed by atoms with E-state index in [0.29, 0.717) is 22.3 Å². The number of benzene rings is 4. The van der Waals surface area contributed by atoms with Gasteiger partial charge in [0.2, 0.25) is 0 Å². The molecule has 0 fully saturated rings. The van der Waals surface area contributed by atoms with Gasteiger partial charge in [-0.15, -0.1) is 0 Å². The number of rotatable bonds is 4. The van der Waals surface area contributed by atoms with Crippen LogP contribution in [-0.4, -0.2) is 25.5 Å². The monoisotopic (exact) mass is 492 g/mol. The molecule has 0 unspecified atom stereocenters. The second kappa shape index (κ2) is 8.39. The van der Waals surface area contributed by atoms with E-state index in [9.17, 15) is 19.1 Å². The molecule has 0 atom stereocenters. The number of primary amides is 1. The number of aromatic nitrogens is 3. The highest BCUT2D eigenvalue weighted by atomic mass is 19.1. The van der Waals surface area contributed by atoms with Crippen LogP contribution in [0.15, 0.2) is 77.9 Å². The number of nitrogens with one attached hydrogen (secondary N) is 1. The summed E-state index contributed by atoms with van der Waals surface area (Å²) in [4.78, 5) is 33.2. The van der Waals surface area contributed by atoms with Gasteiger partial charge in [0.25, 0.3) is 11.5 Å². The molecular formula is C29H21FN4O3. The van der Waals surface area contributed by atoms with Gasteiger partial charge in [0.1, 0.15) is 12.1 Å². The van der Waals surface area contributed by atoms with Gasteiger partial charge in [-0.05, 0) is 65.6 Å². The van der Waals surface area contributed by atoms with Crippen LogP contribution in [0.3, 0.4) is 0 Å². The summed E-state index contributed by atoms with van der Waals surface area (Å²) in [6, 6.07) is 18.6. The predicted octanol–water partition coefficient (Wildman–Crippen LogP) is 4.73. The number of nitrogens with two attached hydrogens (primary N) is 1. The normalized spacial score (nSPS) is 11.5. The summed E-state index contributed by atoms with van der Waals surface area (Å²) in [5, 5.41) is 11.5. The molecule has 182 valence electrons. The molecule has 0 saturated carbocycles. The highest BCUT2D eigenvalue weighted by molar-refractivity contribution is 6.20. The van der Waals surface area contributed by atoms with Gasteiger partial charge in [0.05, 0.1) is 34.3 Å². The largest absolute Gasteiger partial charge is 0.392 e. The highest BCUT2D eigenvalue weighted by Gasteiger charge is 2.19. The van der Waals surface area contributed by atoms with Crippen molar-refractivity contribution in [2.75, 3.05) is 0 Å². The third-order valence-corrected chi connectivity index (χ3v) is 6.84. The first-order valence-corrected chi connectivity index (χ1v) is 11.6. The molecule has 2 heterocycles. The Balaban J connectivity index is 1.64. The zero-order valence-corrected chi connectivity index (χ0v) is 19.7. The molecule has 6 aromatic rings. The Hall–Kier alpha value is -4.82.